The largest absolute Gasteiger partial charge is 0.384 e. The van der Waals surface area contributed by atoms with E-state index in [0.717, 1.165) is 19.8 Å². The van der Waals surface area contributed by atoms with Crippen LogP contribution in [-0.2, 0) is 0 Å². The van der Waals surface area contributed by atoms with Gasteiger partial charge >= 0.3 is 0 Å². The Kier molecular flexibility index (Phi) is 3.86. The monoisotopic (exact) mass is 306 g/mol. The topological polar surface area (TPSA) is 49.9 Å². The van der Waals surface area contributed by atoms with Crippen LogP contribution >= 0.6 is 27.7 Å². The maximum atomic E-state index is 7.53. The number of amidine groups is 1. The molecule has 2 aromatic rings. The van der Waals surface area contributed by atoms with Crippen molar-refractivity contribution in [3.05, 3.63) is 58.6 Å². The smallest absolute Gasteiger partial charge is 0.123 e. The molecule has 0 aromatic heterocycles. The molecular weight excluding hydrogens is 296 g/mol. The van der Waals surface area contributed by atoms with E-state index in [1.807, 2.05) is 48.5 Å². The van der Waals surface area contributed by atoms with E-state index in [1.54, 1.807) is 11.8 Å². The minimum absolute atomic E-state index is 0.102. The molecule has 86 valence electrons. The van der Waals surface area contributed by atoms with Gasteiger partial charge in [0.1, 0.15) is 5.84 Å². The Balaban J connectivity index is 2.30. The molecule has 0 heterocycles. The first-order valence-electron chi connectivity index (χ1n) is 5.03. The Labute approximate surface area is 113 Å². The number of nitrogens with one attached hydrogen (secondary N) is 1. The van der Waals surface area contributed by atoms with Crippen molar-refractivity contribution in [1.29, 1.82) is 5.41 Å². The zero-order chi connectivity index (χ0) is 12.3. The maximum absolute atomic E-state index is 7.53. The number of halogens is 1. The van der Waals surface area contributed by atoms with Crippen LogP contribution < -0.4 is 5.73 Å². The molecule has 0 atom stereocenters. The Bertz CT molecular complexity index is 537. The molecule has 0 aliphatic carbocycles. The van der Waals surface area contributed by atoms with E-state index in [0.29, 0.717) is 0 Å². The van der Waals surface area contributed by atoms with E-state index < -0.39 is 0 Å². The molecule has 0 radical (unpaired) electrons. The molecule has 17 heavy (non-hydrogen) atoms. The van der Waals surface area contributed by atoms with E-state index in [4.69, 9.17) is 11.1 Å². The molecule has 0 aliphatic heterocycles. The number of benzene rings is 2. The molecule has 0 saturated heterocycles. The summed E-state index contributed by atoms with van der Waals surface area (Å²) in [4.78, 5) is 2.13. The van der Waals surface area contributed by atoms with Crippen LogP contribution in [0.15, 0.2) is 62.8 Å². The first kappa shape index (κ1) is 12.2. The highest BCUT2D eigenvalue weighted by molar-refractivity contribution is 9.10. The van der Waals surface area contributed by atoms with Crippen molar-refractivity contribution in [3.8, 4) is 0 Å². The Morgan fingerprint density at radius 2 is 1.71 bits per heavy atom. The number of hydrogen-bond acceptors (Lipinski definition) is 2. The normalized spacial score (nSPS) is 10.2. The molecule has 0 unspecified atom stereocenters. The van der Waals surface area contributed by atoms with Gasteiger partial charge in [-0.15, -0.1) is 0 Å². The molecule has 2 nitrogen and oxygen atoms in total. The van der Waals surface area contributed by atoms with Crippen LogP contribution in [0.1, 0.15) is 5.56 Å². The van der Waals surface area contributed by atoms with Gasteiger partial charge in [-0.1, -0.05) is 45.9 Å². The summed E-state index contributed by atoms with van der Waals surface area (Å²) in [6.07, 6.45) is 0. The predicted molar refractivity (Wildman–Crippen MR) is 75.7 cm³/mol. The summed E-state index contributed by atoms with van der Waals surface area (Å²) in [5.74, 6) is 0.102. The lowest BCUT2D eigenvalue weighted by Crippen LogP contribution is -2.11. The zero-order valence-corrected chi connectivity index (χ0v) is 11.4. The Hall–Kier alpha value is -1.26. The Morgan fingerprint density at radius 3 is 2.35 bits per heavy atom. The van der Waals surface area contributed by atoms with Crippen molar-refractivity contribution in [2.24, 2.45) is 5.73 Å². The average Bonchev–Trinajstić information content (AvgIpc) is 2.32. The summed E-state index contributed by atoms with van der Waals surface area (Å²) in [6, 6.07) is 15.7. The highest BCUT2D eigenvalue weighted by atomic mass is 79.9. The van der Waals surface area contributed by atoms with E-state index in [9.17, 15) is 0 Å². The van der Waals surface area contributed by atoms with Crippen LogP contribution in [0.4, 0.5) is 0 Å². The minimum Gasteiger partial charge on any atom is -0.384 e. The number of nitrogens with two attached hydrogens (primary N) is 1. The van der Waals surface area contributed by atoms with Crippen molar-refractivity contribution < 1.29 is 0 Å². The Morgan fingerprint density at radius 1 is 1.06 bits per heavy atom. The van der Waals surface area contributed by atoms with E-state index >= 15 is 0 Å². The second-order valence-corrected chi connectivity index (χ2v) is 5.50. The van der Waals surface area contributed by atoms with Gasteiger partial charge in [-0.05, 0) is 30.3 Å². The summed E-state index contributed by atoms with van der Waals surface area (Å²) < 4.78 is 1.06. The number of nitrogen functional groups attached to an aromatic ring is 1. The number of rotatable bonds is 3. The van der Waals surface area contributed by atoms with Crippen molar-refractivity contribution in [1.82, 2.24) is 0 Å². The molecule has 4 heteroatoms. The highest BCUT2D eigenvalue weighted by Crippen LogP contribution is 2.30. The van der Waals surface area contributed by atoms with Gasteiger partial charge < -0.3 is 5.73 Å². The lowest BCUT2D eigenvalue weighted by atomic mass is 10.2. The number of hydrogen-bond donors (Lipinski definition) is 2. The van der Waals surface area contributed by atoms with Crippen LogP contribution in [-0.4, -0.2) is 5.84 Å². The van der Waals surface area contributed by atoms with Gasteiger partial charge in [-0.2, -0.15) is 0 Å². The summed E-state index contributed by atoms with van der Waals surface area (Å²) >= 11 is 5.01. The molecule has 0 bridgehead atoms. The van der Waals surface area contributed by atoms with Gasteiger partial charge in [0.15, 0.2) is 0 Å². The van der Waals surface area contributed by atoms with E-state index in [-0.39, 0.29) is 5.84 Å². The fourth-order valence-corrected chi connectivity index (χ4v) is 2.63. The van der Waals surface area contributed by atoms with Gasteiger partial charge in [0.25, 0.3) is 0 Å². The van der Waals surface area contributed by atoms with Gasteiger partial charge in [-0.25, -0.2) is 0 Å². The first-order chi connectivity index (χ1) is 8.16. The van der Waals surface area contributed by atoms with Gasteiger partial charge in [0.05, 0.1) is 0 Å². The van der Waals surface area contributed by atoms with Crippen LogP contribution in [0.25, 0.3) is 0 Å². The summed E-state index contributed by atoms with van der Waals surface area (Å²) in [7, 11) is 0. The minimum atomic E-state index is 0.102. The summed E-state index contributed by atoms with van der Waals surface area (Å²) in [5, 5.41) is 7.53. The SMILES string of the molecule is N=C(N)c1ccccc1Sc1ccc(Br)cc1. The molecule has 0 fully saturated rings. The molecule has 2 aromatic carbocycles. The fraction of sp³-hybridized carbons (Fsp3) is 0. The van der Waals surface area contributed by atoms with Crippen LogP contribution in [0, 0.1) is 5.41 Å². The first-order valence-corrected chi connectivity index (χ1v) is 6.64. The molecular formula is C13H11BrN2S. The van der Waals surface area contributed by atoms with Crippen molar-refractivity contribution in [2.75, 3.05) is 0 Å². The quantitative estimate of drug-likeness (QED) is 0.668. The zero-order valence-electron chi connectivity index (χ0n) is 8.98. The van der Waals surface area contributed by atoms with Crippen LogP contribution in [0.5, 0.6) is 0 Å². The van der Waals surface area contributed by atoms with E-state index in [2.05, 4.69) is 15.9 Å². The molecule has 0 saturated carbocycles. The van der Waals surface area contributed by atoms with Gasteiger partial charge in [0.2, 0.25) is 0 Å². The molecule has 0 amide bonds. The third kappa shape index (κ3) is 3.11. The third-order valence-electron chi connectivity index (χ3n) is 2.22. The highest BCUT2D eigenvalue weighted by Gasteiger charge is 2.05. The van der Waals surface area contributed by atoms with Crippen LogP contribution in [0.2, 0.25) is 0 Å². The molecule has 0 aliphatic rings. The summed E-state index contributed by atoms with van der Waals surface area (Å²) in [6.45, 7) is 0. The lowest BCUT2D eigenvalue weighted by Gasteiger charge is -2.07. The standard InChI is InChI=1S/C13H11BrN2S/c14-9-5-7-10(8-6-9)17-12-4-2-1-3-11(12)13(15)16/h1-8H,(H3,15,16). The van der Waals surface area contributed by atoms with E-state index in [1.165, 1.54) is 0 Å². The lowest BCUT2D eigenvalue weighted by molar-refractivity contribution is 1.33. The average molecular weight is 307 g/mol. The van der Waals surface area contributed by atoms with Crippen LogP contribution in [0.3, 0.4) is 0 Å². The maximum Gasteiger partial charge on any atom is 0.123 e. The van der Waals surface area contributed by atoms with Crippen molar-refractivity contribution >= 4 is 33.5 Å². The second-order valence-electron chi connectivity index (χ2n) is 3.47. The third-order valence-corrected chi connectivity index (χ3v) is 3.83. The molecule has 0 spiro atoms. The fourth-order valence-electron chi connectivity index (χ4n) is 1.41. The van der Waals surface area contributed by atoms with Crippen molar-refractivity contribution in [3.63, 3.8) is 0 Å². The molecule has 3 N–H and O–H groups in total. The predicted octanol–water partition coefficient (Wildman–Crippen LogP) is 3.88. The second kappa shape index (κ2) is 5.38. The van der Waals surface area contributed by atoms with Gasteiger partial charge in [0, 0.05) is 19.8 Å². The summed E-state index contributed by atoms with van der Waals surface area (Å²) in [5.41, 5.74) is 6.33. The molecule has 2 rings (SSSR count). The van der Waals surface area contributed by atoms with Gasteiger partial charge in [-0.3, -0.25) is 5.41 Å². The van der Waals surface area contributed by atoms with Crippen molar-refractivity contribution in [2.45, 2.75) is 9.79 Å².